The molecule has 35 heavy (non-hydrogen) atoms. The van der Waals surface area contributed by atoms with Crippen LogP contribution in [0, 0.1) is 19.8 Å². The Labute approximate surface area is 208 Å². The highest BCUT2D eigenvalue weighted by molar-refractivity contribution is 7.98. The molecule has 8 nitrogen and oxygen atoms in total. The van der Waals surface area contributed by atoms with Crippen molar-refractivity contribution in [3.05, 3.63) is 82.0 Å². The van der Waals surface area contributed by atoms with Crippen LogP contribution in [0.4, 0.5) is 5.69 Å². The Kier molecular flexibility index (Phi) is 7.55. The summed E-state index contributed by atoms with van der Waals surface area (Å²) in [5.74, 6) is 1.65. The number of carbonyl (C=O) groups is 1. The zero-order valence-electron chi connectivity index (χ0n) is 20.3. The Morgan fingerprint density at radius 2 is 1.91 bits per heavy atom. The Bertz CT molecular complexity index is 1410. The van der Waals surface area contributed by atoms with E-state index >= 15 is 0 Å². The van der Waals surface area contributed by atoms with Crippen LogP contribution in [-0.2, 0) is 17.1 Å². The quantitative estimate of drug-likeness (QED) is 0.347. The van der Waals surface area contributed by atoms with E-state index in [0.717, 1.165) is 10.5 Å². The van der Waals surface area contributed by atoms with E-state index in [1.54, 1.807) is 11.0 Å². The van der Waals surface area contributed by atoms with Gasteiger partial charge in [0.25, 0.3) is 17.2 Å². The summed E-state index contributed by atoms with van der Waals surface area (Å²) in [6.45, 7) is 8.81. The van der Waals surface area contributed by atoms with Crippen molar-refractivity contribution < 1.29 is 9.53 Å². The highest BCUT2D eigenvalue weighted by Gasteiger charge is 2.12. The van der Waals surface area contributed by atoms with Gasteiger partial charge in [0, 0.05) is 23.3 Å². The van der Waals surface area contributed by atoms with E-state index in [-0.39, 0.29) is 18.1 Å². The maximum absolute atomic E-state index is 12.7. The number of thioether (sulfide) groups is 1. The lowest BCUT2D eigenvalue weighted by atomic mass is 10.1. The number of amides is 1. The smallest absolute Gasteiger partial charge is 0.274 e. The minimum atomic E-state index is -0.246. The van der Waals surface area contributed by atoms with Crippen molar-refractivity contribution in [2.24, 2.45) is 5.92 Å². The van der Waals surface area contributed by atoms with E-state index in [9.17, 15) is 9.59 Å². The van der Waals surface area contributed by atoms with E-state index in [1.807, 2.05) is 56.3 Å². The molecule has 4 aromatic rings. The average molecular weight is 492 g/mol. The number of nitrogens with zero attached hydrogens (tertiary/aromatic N) is 4. The summed E-state index contributed by atoms with van der Waals surface area (Å²) in [7, 11) is 0. The molecule has 0 radical (unpaired) electrons. The number of aryl methyl sites for hydroxylation is 2. The van der Waals surface area contributed by atoms with Crippen LogP contribution < -0.4 is 15.6 Å². The first kappa shape index (κ1) is 24.5. The number of hydrogen-bond donors (Lipinski definition) is 1. The monoisotopic (exact) mass is 491 g/mol. The average Bonchev–Trinajstić information content (AvgIpc) is 3.21. The van der Waals surface area contributed by atoms with Crippen LogP contribution >= 0.6 is 11.8 Å². The second-order valence-corrected chi connectivity index (χ2v) is 9.84. The van der Waals surface area contributed by atoms with Crippen LogP contribution in [-0.4, -0.2) is 31.7 Å². The van der Waals surface area contributed by atoms with E-state index in [4.69, 9.17) is 4.74 Å². The fourth-order valence-corrected chi connectivity index (χ4v) is 4.47. The molecule has 0 bridgehead atoms. The highest BCUT2D eigenvalue weighted by Crippen LogP contribution is 2.29. The molecule has 0 saturated heterocycles. The van der Waals surface area contributed by atoms with E-state index in [0.29, 0.717) is 41.1 Å². The number of anilines is 1. The first-order valence-corrected chi connectivity index (χ1v) is 12.4. The third-order valence-electron chi connectivity index (χ3n) is 5.43. The zero-order valence-corrected chi connectivity index (χ0v) is 21.1. The van der Waals surface area contributed by atoms with Gasteiger partial charge in [0.1, 0.15) is 12.1 Å². The molecule has 2 aromatic heterocycles. The van der Waals surface area contributed by atoms with Gasteiger partial charge in [-0.05, 0) is 55.2 Å². The van der Waals surface area contributed by atoms with Gasteiger partial charge in [-0.3, -0.25) is 14.3 Å². The van der Waals surface area contributed by atoms with Crippen molar-refractivity contribution in [3.63, 3.8) is 0 Å². The fourth-order valence-electron chi connectivity index (χ4n) is 3.57. The molecule has 0 aliphatic heterocycles. The zero-order chi connectivity index (χ0) is 24.9. The largest absolute Gasteiger partial charge is 0.484 e. The molecule has 1 amide bonds. The standard InChI is InChI=1S/C26H29N5O3S/c1-17(2)13-30-16-27-26-28-20(12-25(33)31(26)30)15-35-23-8-6-5-7-22(23)29-24(32)14-34-21-10-9-18(3)19(4)11-21/h5-12,16-17H,13-15H2,1-4H3,(H,29,32). The number of fused-ring (bicyclic) bond motifs is 1. The molecule has 0 saturated carbocycles. The summed E-state index contributed by atoms with van der Waals surface area (Å²) < 4.78 is 8.94. The van der Waals surface area contributed by atoms with Crippen LogP contribution in [0.25, 0.3) is 5.78 Å². The number of nitrogens with one attached hydrogen (secondary N) is 1. The van der Waals surface area contributed by atoms with E-state index < -0.39 is 0 Å². The van der Waals surface area contributed by atoms with Gasteiger partial charge < -0.3 is 10.1 Å². The molecular formula is C26H29N5O3S. The first-order valence-electron chi connectivity index (χ1n) is 11.5. The lowest BCUT2D eigenvalue weighted by Gasteiger charge is -2.12. The molecule has 0 spiro atoms. The molecule has 2 heterocycles. The number of para-hydroxylation sites is 1. The number of carbonyl (C=O) groups excluding carboxylic acids is 1. The van der Waals surface area contributed by atoms with Crippen molar-refractivity contribution >= 4 is 29.1 Å². The maximum atomic E-state index is 12.7. The van der Waals surface area contributed by atoms with Crippen molar-refractivity contribution in [1.82, 2.24) is 19.2 Å². The molecule has 0 aliphatic rings. The van der Waals surface area contributed by atoms with Crippen LogP contribution in [0.5, 0.6) is 5.75 Å². The van der Waals surface area contributed by atoms with E-state index in [1.165, 1.54) is 27.9 Å². The Morgan fingerprint density at radius 1 is 1.11 bits per heavy atom. The molecule has 9 heteroatoms. The van der Waals surface area contributed by atoms with Crippen molar-refractivity contribution in [2.75, 3.05) is 11.9 Å². The van der Waals surface area contributed by atoms with Crippen LogP contribution in [0.3, 0.4) is 0 Å². The third-order valence-corrected chi connectivity index (χ3v) is 6.54. The SMILES string of the molecule is Cc1ccc(OCC(=O)Nc2ccccc2SCc2cc(=O)n3c(ncn3CC(C)C)n2)cc1C. The third kappa shape index (κ3) is 6.10. The summed E-state index contributed by atoms with van der Waals surface area (Å²) in [4.78, 5) is 34.9. The van der Waals surface area contributed by atoms with Crippen LogP contribution in [0.2, 0.25) is 0 Å². The Hall–Kier alpha value is -3.59. The predicted octanol–water partition coefficient (Wildman–Crippen LogP) is 4.47. The molecular weight excluding hydrogens is 462 g/mol. The predicted molar refractivity (Wildman–Crippen MR) is 138 cm³/mol. The van der Waals surface area contributed by atoms with Gasteiger partial charge in [-0.1, -0.05) is 32.0 Å². The topological polar surface area (TPSA) is 90.5 Å². The number of rotatable bonds is 9. The van der Waals surface area contributed by atoms with Crippen molar-refractivity contribution in [3.8, 4) is 5.75 Å². The lowest BCUT2D eigenvalue weighted by Crippen LogP contribution is -2.22. The molecule has 0 atom stereocenters. The summed E-state index contributed by atoms with van der Waals surface area (Å²) in [5.41, 5.74) is 3.45. The summed E-state index contributed by atoms with van der Waals surface area (Å²) >= 11 is 1.49. The van der Waals surface area contributed by atoms with Gasteiger partial charge >= 0.3 is 0 Å². The Balaban J connectivity index is 1.41. The minimum Gasteiger partial charge on any atom is -0.484 e. The second-order valence-electron chi connectivity index (χ2n) is 8.83. The van der Waals surface area contributed by atoms with Gasteiger partial charge in [0.15, 0.2) is 6.61 Å². The minimum absolute atomic E-state index is 0.0878. The lowest BCUT2D eigenvalue weighted by molar-refractivity contribution is -0.118. The number of hydrogen-bond acceptors (Lipinski definition) is 6. The Morgan fingerprint density at radius 3 is 2.69 bits per heavy atom. The number of ether oxygens (including phenoxy) is 1. The fraction of sp³-hybridized carbons (Fsp3) is 0.308. The van der Waals surface area contributed by atoms with Crippen LogP contribution in [0.15, 0.2) is 64.5 Å². The highest BCUT2D eigenvalue weighted by atomic mass is 32.2. The normalized spacial score (nSPS) is 11.2. The number of benzene rings is 2. The van der Waals surface area contributed by atoms with Crippen molar-refractivity contribution in [1.29, 1.82) is 0 Å². The number of aromatic nitrogens is 4. The molecule has 1 N–H and O–H groups in total. The van der Waals surface area contributed by atoms with Crippen LogP contribution in [0.1, 0.15) is 30.7 Å². The molecule has 0 aliphatic carbocycles. The summed E-state index contributed by atoms with van der Waals surface area (Å²) in [6, 6.07) is 14.8. The van der Waals surface area contributed by atoms with Gasteiger partial charge in [0.05, 0.1) is 11.4 Å². The second kappa shape index (κ2) is 10.8. The molecule has 4 rings (SSSR count). The van der Waals surface area contributed by atoms with Gasteiger partial charge in [-0.25, -0.2) is 4.98 Å². The van der Waals surface area contributed by atoms with Gasteiger partial charge in [-0.15, -0.1) is 11.8 Å². The molecule has 0 unspecified atom stereocenters. The summed E-state index contributed by atoms with van der Waals surface area (Å²) in [5, 5.41) is 2.92. The van der Waals surface area contributed by atoms with Gasteiger partial charge in [0.2, 0.25) is 0 Å². The van der Waals surface area contributed by atoms with Gasteiger partial charge in [-0.2, -0.15) is 9.50 Å². The summed E-state index contributed by atoms with van der Waals surface area (Å²) in [6.07, 6.45) is 1.64. The molecule has 182 valence electrons. The maximum Gasteiger partial charge on any atom is 0.274 e. The van der Waals surface area contributed by atoms with E-state index in [2.05, 4.69) is 29.1 Å². The van der Waals surface area contributed by atoms with Crippen molar-refractivity contribution in [2.45, 2.75) is 44.9 Å². The molecule has 0 fully saturated rings. The first-order chi connectivity index (χ1) is 16.8. The molecule has 2 aromatic carbocycles.